The molecular formula is C14H19N5S2. The van der Waals surface area contributed by atoms with Gasteiger partial charge in [0.25, 0.3) is 0 Å². The fourth-order valence-electron chi connectivity index (χ4n) is 2.39. The highest BCUT2D eigenvalue weighted by atomic mass is 32.2. The molecule has 112 valence electrons. The van der Waals surface area contributed by atoms with Crippen LogP contribution in [-0.4, -0.2) is 52.3 Å². The number of hydrogen-bond donors (Lipinski definition) is 0. The molecule has 0 amide bonds. The molecule has 0 bridgehead atoms. The number of aromatic nitrogens is 3. The van der Waals surface area contributed by atoms with Gasteiger partial charge in [-0.2, -0.15) is 0 Å². The third-order valence-corrected chi connectivity index (χ3v) is 5.06. The Hall–Kier alpha value is -1.18. The topological polar surface area (TPSA) is 45.2 Å². The maximum Gasteiger partial charge on any atom is 0.225 e. The van der Waals surface area contributed by atoms with Crippen LogP contribution in [0.5, 0.6) is 0 Å². The van der Waals surface area contributed by atoms with Gasteiger partial charge in [0.1, 0.15) is 0 Å². The smallest absolute Gasteiger partial charge is 0.225 e. The fourth-order valence-corrected chi connectivity index (χ4v) is 3.31. The average Bonchev–Trinajstić information content (AvgIpc) is 2.93. The Morgan fingerprint density at radius 2 is 1.90 bits per heavy atom. The molecule has 1 aliphatic heterocycles. The summed E-state index contributed by atoms with van der Waals surface area (Å²) in [5, 5.41) is 3.30. The highest BCUT2D eigenvalue weighted by Gasteiger charge is 2.19. The van der Waals surface area contributed by atoms with Gasteiger partial charge in [-0.25, -0.2) is 15.0 Å². The lowest BCUT2D eigenvalue weighted by Crippen LogP contribution is -2.46. The van der Waals surface area contributed by atoms with Crippen LogP contribution >= 0.6 is 23.1 Å². The van der Waals surface area contributed by atoms with Gasteiger partial charge >= 0.3 is 0 Å². The van der Waals surface area contributed by atoms with E-state index in [1.54, 1.807) is 23.1 Å². The molecule has 0 spiro atoms. The fraction of sp³-hybridized carbons (Fsp3) is 0.500. The molecule has 5 nitrogen and oxygen atoms in total. The van der Waals surface area contributed by atoms with Crippen LogP contribution in [0.1, 0.15) is 10.7 Å². The standard InChI is InChI=1S/C14H19N5S2/c1-11-17-12(10-21-11)9-18-3-5-19(6-4-18)14-15-7-13(20-2)8-16-14/h7-8,10H,3-6,9H2,1-2H3. The lowest BCUT2D eigenvalue weighted by molar-refractivity contribution is 0.246. The summed E-state index contributed by atoms with van der Waals surface area (Å²) >= 11 is 3.39. The van der Waals surface area contributed by atoms with Crippen LogP contribution in [0.2, 0.25) is 0 Å². The zero-order valence-electron chi connectivity index (χ0n) is 12.3. The summed E-state index contributed by atoms with van der Waals surface area (Å²) in [5.41, 5.74) is 1.19. The van der Waals surface area contributed by atoms with Crippen molar-refractivity contribution in [2.45, 2.75) is 18.4 Å². The van der Waals surface area contributed by atoms with Gasteiger partial charge < -0.3 is 4.90 Å². The third-order valence-electron chi connectivity index (χ3n) is 3.56. The summed E-state index contributed by atoms with van der Waals surface area (Å²) in [6.45, 7) is 7.02. The first-order valence-electron chi connectivity index (χ1n) is 6.99. The Morgan fingerprint density at radius 1 is 1.19 bits per heavy atom. The van der Waals surface area contributed by atoms with E-state index in [2.05, 4.69) is 37.1 Å². The van der Waals surface area contributed by atoms with Crippen molar-refractivity contribution < 1.29 is 0 Å². The molecule has 3 heterocycles. The second kappa shape index (κ2) is 6.72. The van der Waals surface area contributed by atoms with Crippen molar-refractivity contribution in [2.24, 2.45) is 0 Å². The minimum Gasteiger partial charge on any atom is -0.338 e. The molecule has 0 unspecified atom stereocenters. The van der Waals surface area contributed by atoms with Gasteiger partial charge in [0.2, 0.25) is 5.95 Å². The Bertz CT molecular complexity index is 575. The number of hydrogen-bond acceptors (Lipinski definition) is 7. The van der Waals surface area contributed by atoms with Gasteiger partial charge in [-0.1, -0.05) is 0 Å². The van der Waals surface area contributed by atoms with E-state index in [1.165, 1.54) is 5.69 Å². The second-order valence-electron chi connectivity index (χ2n) is 5.04. The lowest BCUT2D eigenvalue weighted by Gasteiger charge is -2.34. The van der Waals surface area contributed by atoms with Crippen LogP contribution in [0, 0.1) is 6.92 Å². The summed E-state index contributed by atoms with van der Waals surface area (Å²) in [4.78, 5) is 19.2. The summed E-state index contributed by atoms with van der Waals surface area (Å²) in [7, 11) is 0. The summed E-state index contributed by atoms with van der Waals surface area (Å²) < 4.78 is 0. The third kappa shape index (κ3) is 3.72. The SMILES string of the molecule is CSc1cnc(N2CCN(Cc3csc(C)n3)CC2)nc1. The van der Waals surface area contributed by atoms with Crippen LogP contribution in [0.3, 0.4) is 0 Å². The molecule has 1 aliphatic rings. The van der Waals surface area contributed by atoms with Crippen LogP contribution < -0.4 is 4.90 Å². The predicted molar refractivity (Wildman–Crippen MR) is 88.2 cm³/mol. The Labute approximate surface area is 133 Å². The molecule has 0 saturated carbocycles. The minimum atomic E-state index is 0.844. The maximum absolute atomic E-state index is 4.54. The van der Waals surface area contributed by atoms with Gasteiger partial charge in [-0.05, 0) is 13.2 Å². The van der Waals surface area contributed by atoms with Crippen molar-refractivity contribution >= 4 is 29.0 Å². The first-order chi connectivity index (χ1) is 10.2. The number of anilines is 1. The molecule has 0 radical (unpaired) electrons. The molecule has 7 heteroatoms. The van der Waals surface area contributed by atoms with Crippen molar-refractivity contribution in [3.8, 4) is 0 Å². The zero-order chi connectivity index (χ0) is 14.7. The van der Waals surface area contributed by atoms with Crippen LogP contribution in [-0.2, 0) is 6.54 Å². The molecule has 1 fully saturated rings. The van der Waals surface area contributed by atoms with Gasteiger partial charge in [0.15, 0.2) is 0 Å². The monoisotopic (exact) mass is 321 g/mol. The van der Waals surface area contributed by atoms with E-state index in [9.17, 15) is 0 Å². The Balaban J connectivity index is 1.54. The minimum absolute atomic E-state index is 0.844. The number of thiazole rings is 1. The van der Waals surface area contributed by atoms with Crippen molar-refractivity contribution in [1.29, 1.82) is 0 Å². The molecule has 0 aliphatic carbocycles. The number of aryl methyl sites for hydroxylation is 1. The normalized spacial score (nSPS) is 16.4. The molecule has 2 aromatic heterocycles. The first kappa shape index (κ1) is 14.7. The Kier molecular flexibility index (Phi) is 4.72. The molecule has 0 aromatic carbocycles. The van der Waals surface area contributed by atoms with E-state index in [4.69, 9.17) is 0 Å². The molecule has 1 saturated heterocycles. The summed E-state index contributed by atoms with van der Waals surface area (Å²) in [6.07, 6.45) is 5.84. The van der Waals surface area contributed by atoms with Crippen LogP contribution in [0.4, 0.5) is 5.95 Å². The van der Waals surface area contributed by atoms with E-state index >= 15 is 0 Å². The van der Waals surface area contributed by atoms with Crippen molar-refractivity contribution in [3.63, 3.8) is 0 Å². The number of nitrogens with zero attached hydrogens (tertiary/aromatic N) is 5. The Morgan fingerprint density at radius 3 is 2.48 bits per heavy atom. The second-order valence-corrected chi connectivity index (χ2v) is 6.99. The quantitative estimate of drug-likeness (QED) is 0.805. The molecule has 2 aromatic rings. The van der Waals surface area contributed by atoms with Gasteiger partial charge in [0.05, 0.1) is 10.7 Å². The largest absolute Gasteiger partial charge is 0.338 e. The van der Waals surface area contributed by atoms with Crippen LogP contribution in [0.25, 0.3) is 0 Å². The predicted octanol–water partition coefficient (Wildman–Crippen LogP) is 2.29. The number of rotatable bonds is 4. The average molecular weight is 321 g/mol. The highest BCUT2D eigenvalue weighted by Crippen LogP contribution is 2.17. The van der Waals surface area contributed by atoms with Gasteiger partial charge in [0, 0.05) is 55.4 Å². The van der Waals surface area contributed by atoms with Gasteiger partial charge in [-0.3, -0.25) is 4.90 Å². The zero-order valence-corrected chi connectivity index (χ0v) is 14.0. The molecule has 21 heavy (non-hydrogen) atoms. The molecular weight excluding hydrogens is 302 g/mol. The van der Waals surface area contributed by atoms with E-state index in [0.29, 0.717) is 0 Å². The van der Waals surface area contributed by atoms with E-state index in [-0.39, 0.29) is 0 Å². The first-order valence-corrected chi connectivity index (χ1v) is 9.09. The van der Waals surface area contributed by atoms with E-state index < -0.39 is 0 Å². The highest BCUT2D eigenvalue weighted by molar-refractivity contribution is 7.98. The molecule has 0 atom stereocenters. The lowest BCUT2D eigenvalue weighted by atomic mass is 10.3. The van der Waals surface area contributed by atoms with E-state index in [1.807, 2.05) is 18.6 Å². The van der Waals surface area contributed by atoms with Gasteiger partial charge in [-0.15, -0.1) is 23.1 Å². The van der Waals surface area contributed by atoms with E-state index in [0.717, 1.165) is 48.6 Å². The maximum atomic E-state index is 4.54. The summed E-state index contributed by atoms with van der Waals surface area (Å²) in [5.74, 6) is 0.844. The molecule has 0 N–H and O–H groups in total. The van der Waals surface area contributed by atoms with Crippen molar-refractivity contribution in [2.75, 3.05) is 37.3 Å². The van der Waals surface area contributed by atoms with Crippen molar-refractivity contribution in [3.05, 3.63) is 28.5 Å². The van der Waals surface area contributed by atoms with Crippen molar-refractivity contribution in [1.82, 2.24) is 19.9 Å². The molecule has 3 rings (SSSR count). The number of piperazine rings is 1. The summed E-state index contributed by atoms with van der Waals surface area (Å²) in [6, 6.07) is 0. The van der Waals surface area contributed by atoms with Crippen LogP contribution in [0.15, 0.2) is 22.7 Å². The number of thioether (sulfide) groups is 1.